The number of carboxylic acids is 1. The van der Waals surface area contributed by atoms with Gasteiger partial charge in [0.05, 0.1) is 16.8 Å². The van der Waals surface area contributed by atoms with Crippen molar-refractivity contribution in [1.29, 1.82) is 0 Å². The average molecular weight is 271 g/mol. The molecule has 102 valence electrons. The fourth-order valence-corrected chi connectivity index (χ4v) is 2.29. The van der Waals surface area contributed by atoms with Crippen LogP contribution in [0.4, 0.5) is 0 Å². The van der Waals surface area contributed by atoms with Crippen molar-refractivity contribution < 1.29 is 9.90 Å². The van der Waals surface area contributed by atoms with Crippen molar-refractivity contribution in [2.45, 2.75) is 6.92 Å². The molecule has 0 fully saturated rings. The summed E-state index contributed by atoms with van der Waals surface area (Å²) in [5.74, 6) is -1.05. The topological polar surface area (TPSA) is 85.8 Å². The summed E-state index contributed by atoms with van der Waals surface area (Å²) in [5, 5.41) is 17.9. The van der Waals surface area contributed by atoms with Crippen LogP contribution >= 0.6 is 0 Å². The molecule has 0 bridgehead atoms. The molecule has 0 aromatic carbocycles. The maximum absolute atomic E-state index is 11.1. The zero-order valence-corrected chi connectivity index (χ0v) is 11.3. The van der Waals surface area contributed by atoms with E-state index >= 15 is 0 Å². The molecule has 0 aliphatic carbocycles. The van der Waals surface area contributed by atoms with Gasteiger partial charge in [0.25, 0.3) is 0 Å². The number of nitrogens with zero attached hydrogens (tertiary/aromatic N) is 5. The maximum Gasteiger partial charge on any atom is 0.357 e. The van der Waals surface area contributed by atoms with E-state index in [9.17, 15) is 4.79 Å². The van der Waals surface area contributed by atoms with Crippen LogP contribution in [0.2, 0.25) is 0 Å². The minimum absolute atomic E-state index is 0.0180. The van der Waals surface area contributed by atoms with Crippen molar-refractivity contribution in [3.05, 3.63) is 29.7 Å². The highest BCUT2D eigenvalue weighted by molar-refractivity contribution is 6.00. The van der Waals surface area contributed by atoms with Gasteiger partial charge in [0.15, 0.2) is 11.3 Å². The van der Waals surface area contributed by atoms with Gasteiger partial charge < -0.3 is 5.11 Å². The van der Waals surface area contributed by atoms with Gasteiger partial charge in [-0.05, 0) is 19.1 Å². The normalized spacial score (nSPS) is 11.2. The number of hydrogen-bond donors (Lipinski definition) is 1. The third-order valence-corrected chi connectivity index (χ3v) is 3.18. The molecule has 0 spiro atoms. The molecule has 3 rings (SSSR count). The summed E-state index contributed by atoms with van der Waals surface area (Å²) < 4.78 is 3.20. The number of aromatic carboxylic acids is 1. The van der Waals surface area contributed by atoms with E-state index in [2.05, 4.69) is 15.2 Å². The van der Waals surface area contributed by atoms with E-state index in [4.69, 9.17) is 5.11 Å². The van der Waals surface area contributed by atoms with Crippen LogP contribution in [0.5, 0.6) is 0 Å². The molecular formula is C13H13N5O2. The van der Waals surface area contributed by atoms with Crippen LogP contribution in [0.1, 0.15) is 16.2 Å². The number of aryl methyl sites for hydroxylation is 3. The van der Waals surface area contributed by atoms with E-state index in [0.29, 0.717) is 11.0 Å². The molecule has 7 heteroatoms. The smallest absolute Gasteiger partial charge is 0.357 e. The third-order valence-electron chi connectivity index (χ3n) is 3.18. The summed E-state index contributed by atoms with van der Waals surface area (Å²) in [4.78, 5) is 15.6. The number of pyridine rings is 1. The van der Waals surface area contributed by atoms with Crippen molar-refractivity contribution in [3.8, 4) is 11.3 Å². The lowest BCUT2D eigenvalue weighted by molar-refractivity contribution is 0.0691. The molecule has 0 aliphatic rings. The summed E-state index contributed by atoms with van der Waals surface area (Å²) >= 11 is 0. The molecule has 7 nitrogen and oxygen atoms in total. The highest BCUT2D eigenvalue weighted by Gasteiger charge is 2.17. The second-order valence-corrected chi connectivity index (χ2v) is 4.65. The van der Waals surface area contributed by atoms with E-state index in [1.165, 1.54) is 4.68 Å². The molecule has 0 saturated heterocycles. The Kier molecular flexibility index (Phi) is 2.56. The van der Waals surface area contributed by atoms with Crippen molar-refractivity contribution >= 4 is 17.0 Å². The number of rotatable bonds is 2. The Hall–Kier alpha value is -2.70. The first-order chi connectivity index (χ1) is 9.47. The van der Waals surface area contributed by atoms with Crippen LogP contribution in [-0.2, 0) is 14.1 Å². The molecule has 1 N–H and O–H groups in total. The van der Waals surface area contributed by atoms with E-state index in [0.717, 1.165) is 17.0 Å². The molecule has 3 heterocycles. The minimum atomic E-state index is -1.05. The lowest BCUT2D eigenvalue weighted by atomic mass is 10.1. The average Bonchev–Trinajstić information content (AvgIpc) is 2.90. The fourth-order valence-electron chi connectivity index (χ4n) is 2.29. The Balaban J connectivity index is 2.24. The van der Waals surface area contributed by atoms with E-state index in [1.54, 1.807) is 23.9 Å². The summed E-state index contributed by atoms with van der Waals surface area (Å²) in [5.41, 5.74) is 3.11. The van der Waals surface area contributed by atoms with Crippen molar-refractivity contribution in [1.82, 2.24) is 24.5 Å². The summed E-state index contributed by atoms with van der Waals surface area (Å²) in [6.45, 7) is 1.91. The molecule has 3 aromatic rings. The predicted octanol–water partition coefficient (Wildman–Crippen LogP) is 1.38. The summed E-state index contributed by atoms with van der Waals surface area (Å²) in [7, 11) is 3.53. The van der Waals surface area contributed by atoms with E-state index in [1.807, 2.05) is 20.2 Å². The van der Waals surface area contributed by atoms with Crippen molar-refractivity contribution in [2.75, 3.05) is 0 Å². The maximum atomic E-state index is 11.1. The van der Waals surface area contributed by atoms with E-state index in [-0.39, 0.29) is 5.69 Å². The molecule has 0 saturated carbocycles. The Morgan fingerprint density at radius 3 is 2.60 bits per heavy atom. The second kappa shape index (κ2) is 4.16. The van der Waals surface area contributed by atoms with Gasteiger partial charge in [0.2, 0.25) is 0 Å². The Bertz CT molecular complexity index is 831. The van der Waals surface area contributed by atoms with Crippen LogP contribution in [-0.4, -0.2) is 35.6 Å². The molecule has 0 amide bonds. The van der Waals surface area contributed by atoms with Crippen LogP contribution in [0.15, 0.2) is 18.3 Å². The second-order valence-electron chi connectivity index (χ2n) is 4.65. The number of hydrogen-bond acceptors (Lipinski definition) is 4. The largest absolute Gasteiger partial charge is 0.476 e. The van der Waals surface area contributed by atoms with Gasteiger partial charge in [0, 0.05) is 25.9 Å². The van der Waals surface area contributed by atoms with Crippen LogP contribution in [0, 0.1) is 6.92 Å². The highest BCUT2D eigenvalue weighted by atomic mass is 16.4. The molecule has 0 atom stereocenters. The summed E-state index contributed by atoms with van der Waals surface area (Å²) in [6, 6.07) is 3.53. The lowest BCUT2D eigenvalue weighted by Gasteiger charge is -1.99. The number of carboxylic acid groups (broad SMARTS) is 1. The van der Waals surface area contributed by atoms with Gasteiger partial charge in [-0.2, -0.15) is 10.2 Å². The minimum Gasteiger partial charge on any atom is -0.476 e. The van der Waals surface area contributed by atoms with Gasteiger partial charge in [-0.25, -0.2) is 14.5 Å². The first-order valence-corrected chi connectivity index (χ1v) is 6.05. The molecule has 0 unspecified atom stereocenters. The van der Waals surface area contributed by atoms with Crippen LogP contribution < -0.4 is 0 Å². The Morgan fingerprint density at radius 1 is 1.25 bits per heavy atom. The van der Waals surface area contributed by atoms with Gasteiger partial charge in [-0.15, -0.1) is 0 Å². The molecule has 20 heavy (non-hydrogen) atoms. The fraction of sp³-hybridized carbons (Fsp3) is 0.231. The standard InChI is InChI=1S/C13H13N5O2/c1-7-9(6-17(2)15-7)10-5-4-8-11(13(19)20)16-18(3)12(8)14-10/h4-6H,1-3H3,(H,19,20). The van der Waals surface area contributed by atoms with E-state index < -0.39 is 5.97 Å². The Labute approximate surface area is 114 Å². The monoisotopic (exact) mass is 271 g/mol. The predicted molar refractivity (Wildman–Crippen MR) is 72.4 cm³/mol. The van der Waals surface area contributed by atoms with Gasteiger partial charge in [-0.3, -0.25) is 4.68 Å². The Morgan fingerprint density at radius 2 is 2.00 bits per heavy atom. The van der Waals surface area contributed by atoms with Gasteiger partial charge in [-0.1, -0.05) is 0 Å². The number of aromatic nitrogens is 5. The first kappa shape index (κ1) is 12.3. The zero-order valence-electron chi connectivity index (χ0n) is 11.3. The quantitative estimate of drug-likeness (QED) is 0.761. The number of carbonyl (C=O) groups is 1. The summed E-state index contributed by atoms with van der Waals surface area (Å²) in [6.07, 6.45) is 1.89. The SMILES string of the molecule is Cc1nn(C)cc1-c1ccc2c(C(=O)O)nn(C)c2n1. The van der Waals surface area contributed by atoms with Crippen LogP contribution in [0.25, 0.3) is 22.3 Å². The van der Waals surface area contributed by atoms with Gasteiger partial charge >= 0.3 is 5.97 Å². The molecular weight excluding hydrogens is 258 g/mol. The highest BCUT2D eigenvalue weighted by Crippen LogP contribution is 2.24. The van der Waals surface area contributed by atoms with Crippen molar-refractivity contribution in [3.63, 3.8) is 0 Å². The molecule has 3 aromatic heterocycles. The zero-order chi connectivity index (χ0) is 14.4. The van der Waals surface area contributed by atoms with Gasteiger partial charge in [0.1, 0.15) is 0 Å². The first-order valence-electron chi connectivity index (χ1n) is 6.05. The lowest BCUT2D eigenvalue weighted by Crippen LogP contribution is -1.99. The van der Waals surface area contributed by atoms with Crippen molar-refractivity contribution in [2.24, 2.45) is 14.1 Å². The number of fused-ring (bicyclic) bond motifs is 1. The third kappa shape index (κ3) is 1.75. The molecule has 0 aliphatic heterocycles. The van der Waals surface area contributed by atoms with Crippen LogP contribution in [0.3, 0.4) is 0 Å². The molecule has 0 radical (unpaired) electrons.